The summed E-state index contributed by atoms with van der Waals surface area (Å²) in [4.78, 5) is 12.7. The van der Waals surface area contributed by atoms with Gasteiger partial charge >= 0.3 is 0 Å². The second-order valence-electron chi connectivity index (χ2n) is 4.90. The molecular weight excluding hydrogens is 252 g/mol. The Hall–Kier alpha value is -1.13. The van der Waals surface area contributed by atoms with Crippen LogP contribution >= 0.6 is 11.6 Å². The number of hydrogen-bond donors (Lipinski definition) is 0. The maximum absolute atomic E-state index is 10.8. The molecule has 1 aromatic carbocycles. The minimum absolute atomic E-state index is 0.00557. The summed E-state index contributed by atoms with van der Waals surface area (Å²) in [6, 6.07) is 5.66. The van der Waals surface area contributed by atoms with E-state index in [0.29, 0.717) is 6.04 Å². The SMILES string of the molecule is CN(Cc1ccc(Cl)c([N+](=O)[O-])c1)C1CCCC1. The van der Waals surface area contributed by atoms with Crippen molar-refractivity contribution < 1.29 is 4.92 Å². The van der Waals surface area contributed by atoms with Crippen molar-refractivity contribution in [3.05, 3.63) is 38.9 Å². The molecule has 0 spiro atoms. The zero-order valence-corrected chi connectivity index (χ0v) is 11.2. The molecule has 98 valence electrons. The van der Waals surface area contributed by atoms with Gasteiger partial charge in [-0.05, 0) is 31.5 Å². The molecule has 1 aliphatic rings. The van der Waals surface area contributed by atoms with Gasteiger partial charge in [0.25, 0.3) is 5.69 Å². The summed E-state index contributed by atoms with van der Waals surface area (Å²) in [5.41, 5.74) is 0.939. The van der Waals surface area contributed by atoms with Crippen LogP contribution in [0.4, 0.5) is 5.69 Å². The molecule has 1 aliphatic carbocycles. The molecule has 1 saturated carbocycles. The molecule has 0 amide bonds. The van der Waals surface area contributed by atoms with Crippen molar-refractivity contribution >= 4 is 17.3 Å². The first-order valence-corrected chi connectivity index (χ1v) is 6.59. The Balaban J connectivity index is 2.09. The smallest absolute Gasteiger partial charge is 0.288 e. The van der Waals surface area contributed by atoms with Crippen LogP contribution in [-0.4, -0.2) is 22.9 Å². The molecule has 5 heteroatoms. The van der Waals surface area contributed by atoms with E-state index in [4.69, 9.17) is 11.6 Å². The summed E-state index contributed by atoms with van der Waals surface area (Å²) in [6.45, 7) is 0.739. The predicted molar refractivity (Wildman–Crippen MR) is 71.8 cm³/mol. The van der Waals surface area contributed by atoms with Crippen LogP contribution in [0.2, 0.25) is 5.02 Å². The third kappa shape index (κ3) is 3.00. The van der Waals surface area contributed by atoms with Gasteiger partial charge in [0.1, 0.15) is 5.02 Å². The van der Waals surface area contributed by atoms with Crippen LogP contribution < -0.4 is 0 Å². The maximum Gasteiger partial charge on any atom is 0.288 e. The van der Waals surface area contributed by atoms with Crippen molar-refractivity contribution in [2.24, 2.45) is 0 Å². The first kappa shape index (κ1) is 13.3. The summed E-state index contributed by atoms with van der Waals surface area (Å²) >= 11 is 5.80. The molecule has 0 aromatic heterocycles. The first-order chi connectivity index (χ1) is 8.58. The van der Waals surface area contributed by atoms with Crippen molar-refractivity contribution in [1.82, 2.24) is 4.90 Å². The molecule has 2 rings (SSSR count). The lowest BCUT2D eigenvalue weighted by molar-refractivity contribution is -0.384. The van der Waals surface area contributed by atoms with Gasteiger partial charge in [-0.15, -0.1) is 0 Å². The van der Waals surface area contributed by atoms with E-state index in [1.165, 1.54) is 25.7 Å². The van der Waals surface area contributed by atoms with Gasteiger partial charge in [-0.1, -0.05) is 30.5 Å². The van der Waals surface area contributed by atoms with Crippen LogP contribution in [0.1, 0.15) is 31.2 Å². The van der Waals surface area contributed by atoms with Crippen molar-refractivity contribution in [3.63, 3.8) is 0 Å². The minimum Gasteiger partial charge on any atom is -0.299 e. The predicted octanol–water partition coefficient (Wildman–Crippen LogP) is 3.62. The normalized spacial score (nSPS) is 16.4. The lowest BCUT2D eigenvalue weighted by Gasteiger charge is -2.23. The number of hydrogen-bond acceptors (Lipinski definition) is 3. The second-order valence-corrected chi connectivity index (χ2v) is 5.30. The van der Waals surface area contributed by atoms with E-state index in [9.17, 15) is 10.1 Å². The molecule has 0 unspecified atom stereocenters. The average molecular weight is 269 g/mol. The highest BCUT2D eigenvalue weighted by molar-refractivity contribution is 6.32. The van der Waals surface area contributed by atoms with Crippen LogP contribution in [0.5, 0.6) is 0 Å². The summed E-state index contributed by atoms with van der Waals surface area (Å²) in [7, 11) is 2.08. The molecule has 0 saturated heterocycles. The highest BCUT2D eigenvalue weighted by Crippen LogP contribution is 2.27. The van der Waals surface area contributed by atoms with E-state index < -0.39 is 4.92 Å². The van der Waals surface area contributed by atoms with Crippen LogP contribution in [0.25, 0.3) is 0 Å². The number of rotatable bonds is 4. The highest BCUT2D eigenvalue weighted by Gasteiger charge is 2.20. The Morgan fingerprint density at radius 2 is 2.11 bits per heavy atom. The van der Waals surface area contributed by atoms with Gasteiger partial charge in [-0.2, -0.15) is 0 Å². The molecule has 0 atom stereocenters. The third-order valence-corrected chi connectivity index (χ3v) is 3.91. The lowest BCUT2D eigenvalue weighted by atomic mass is 10.1. The summed E-state index contributed by atoms with van der Waals surface area (Å²) in [6.07, 6.45) is 5.03. The van der Waals surface area contributed by atoms with E-state index in [1.54, 1.807) is 12.1 Å². The van der Waals surface area contributed by atoms with Gasteiger partial charge in [0, 0.05) is 18.7 Å². The summed E-state index contributed by atoms with van der Waals surface area (Å²) in [5, 5.41) is 11.0. The largest absolute Gasteiger partial charge is 0.299 e. The topological polar surface area (TPSA) is 46.4 Å². The molecular formula is C13H17ClN2O2. The Kier molecular flexibility index (Phi) is 4.19. The molecule has 0 N–H and O–H groups in total. The molecule has 1 aromatic rings. The first-order valence-electron chi connectivity index (χ1n) is 6.21. The fraction of sp³-hybridized carbons (Fsp3) is 0.538. The van der Waals surface area contributed by atoms with Crippen molar-refractivity contribution in [2.45, 2.75) is 38.3 Å². The molecule has 0 heterocycles. The Bertz CT molecular complexity index is 445. The fourth-order valence-electron chi connectivity index (χ4n) is 2.56. The number of nitrogens with zero attached hydrogens (tertiary/aromatic N) is 2. The molecule has 18 heavy (non-hydrogen) atoms. The van der Waals surface area contributed by atoms with Gasteiger partial charge < -0.3 is 0 Å². The van der Waals surface area contributed by atoms with Gasteiger partial charge in [0.05, 0.1) is 4.92 Å². The summed E-state index contributed by atoms with van der Waals surface area (Å²) < 4.78 is 0. The van der Waals surface area contributed by atoms with E-state index in [-0.39, 0.29) is 10.7 Å². The van der Waals surface area contributed by atoms with Crippen LogP contribution in [0.15, 0.2) is 18.2 Å². The molecule has 0 aliphatic heterocycles. The Morgan fingerprint density at radius 3 is 2.72 bits per heavy atom. The number of nitro groups is 1. The number of nitro benzene ring substituents is 1. The third-order valence-electron chi connectivity index (χ3n) is 3.59. The zero-order chi connectivity index (χ0) is 13.1. The molecule has 4 nitrogen and oxygen atoms in total. The van der Waals surface area contributed by atoms with Crippen molar-refractivity contribution in [3.8, 4) is 0 Å². The lowest BCUT2D eigenvalue weighted by Crippen LogP contribution is -2.28. The van der Waals surface area contributed by atoms with Gasteiger partial charge in [-0.3, -0.25) is 15.0 Å². The Morgan fingerprint density at radius 1 is 1.44 bits per heavy atom. The molecule has 0 bridgehead atoms. The molecule has 0 radical (unpaired) electrons. The number of halogens is 1. The molecule has 1 fully saturated rings. The average Bonchev–Trinajstić information content (AvgIpc) is 2.85. The van der Waals surface area contributed by atoms with E-state index in [1.807, 2.05) is 6.07 Å². The minimum atomic E-state index is -0.429. The zero-order valence-electron chi connectivity index (χ0n) is 10.4. The monoisotopic (exact) mass is 268 g/mol. The van der Waals surface area contributed by atoms with Crippen LogP contribution in [0.3, 0.4) is 0 Å². The van der Waals surface area contributed by atoms with Gasteiger partial charge in [0.2, 0.25) is 0 Å². The van der Waals surface area contributed by atoms with E-state index >= 15 is 0 Å². The van der Waals surface area contributed by atoms with Gasteiger partial charge in [-0.25, -0.2) is 0 Å². The quantitative estimate of drug-likeness (QED) is 0.619. The Labute approximate surface area is 112 Å². The van der Waals surface area contributed by atoms with Gasteiger partial charge in [0.15, 0.2) is 0 Å². The standard InChI is InChI=1S/C13H17ClN2O2/c1-15(11-4-2-3-5-11)9-10-6-7-12(14)13(8-10)16(17)18/h6-8,11H,2-5,9H2,1H3. The number of benzene rings is 1. The van der Waals surface area contributed by atoms with Crippen LogP contribution in [-0.2, 0) is 6.54 Å². The van der Waals surface area contributed by atoms with E-state index in [2.05, 4.69) is 11.9 Å². The maximum atomic E-state index is 10.8. The van der Waals surface area contributed by atoms with E-state index in [0.717, 1.165) is 12.1 Å². The summed E-state index contributed by atoms with van der Waals surface area (Å²) in [5.74, 6) is 0. The van der Waals surface area contributed by atoms with Crippen LogP contribution in [0, 0.1) is 10.1 Å². The van der Waals surface area contributed by atoms with Crippen molar-refractivity contribution in [1.29, 1.82) is 0 Å². The van der Waals surface area contributed by atoms with Crippen molar-refractivity contribution in [2.75, 3.05) is 7.05 Å². The second kappa shape index (κ2) is 5.67. The highest BCUT2D eigenvalue weighted by atomic mass is 35.5. The fourth-order valence-corrected chi connectivity index (χ4v) is 2.75.